The molecule has 116 valence electrons. The molecule has 21 heavy (non-hydrogen) atoms. The van der Waals surface area contributed by atoms with Crippen molar-refractivity contribution in [2.75, 3.05) is 6.61 Å². The zero-order valence-corrected chi connectivity index (χ0v) is 13.5. The molecule has 2 N–H and O–H groups in total. The summed E-state index contributed by atoms with van der Waals surface area (Å²) >= 11 is 0. The molecule has 1 aromatic heterocycles. The highest BCUT2D eigenvalue weighted by Crippen LogP contribution is 2.20. The third-order valence-electron chi connectivity index (χ3n) is 3.18. The molecule has 1 heterocycles. The number of rotatable bonds is 6. The summed E-state index contributed by atoms with van der Waals surface area (Å²) in [4.78, 5) is 1.70. The number of nitrogens with zero attached hydrogens (tertiary/aromatic N) is 3. The molecule has 0 radical (unpaired) electrons. The fourth-order valence-electron chi connectivity index (χ4n) is 1.84. The van der Waals surface area contributed by atoms with Gasteiger partial charge in [-0.2, -0.15) is 15.0 Å². The maximum absolute atomic E-state index is 9.31. The van der Waals surface area contributed by atoms with Gasteiger partial charge in [0.2, 0.25) is 0 Å². The highest BCUT2D eigenvalue weighted by atomic mass is 35.5. The Bertz CT molecular complexity index is 554. The van der Waals surface area contributed by atoms with Crippen LogP contribution in [0.25, 0.3) is 11.3 Å². The Kier molecular flexibility index (Phi) is 6.33. The van der Waals surface area contributed by atoms with Gasteiger partial charge in [-0.3, -0.25) is 0 Å². The van der Waals surface area contributed by atoms with Crippen LogP contribution in [0.5, 0.6) is 0 Å². The number of aryl methyl sites for hydroxylation is 1. The van der Waals surface area contributed by atoms with Crippen molar-refractivity contribution in [1.82, 2.24) is 20.3 Å². The quantitative estimate of drug-likeness (QED) is 0.859. The zero-order valence-electron chi connectivity index (χ0n) is 12.7. The summed E-state index contributed by atoms with van der Waals surface area (Å²) in [5.74, 6) is 0. The maximum Gasteiger partial charge on any atom is 0.117 e. The van der Waals surface area contributed by atoms with E-state index in [1.54, 1.807) is 4.80 Å². The molecule has 2 rings (SSSR count). The molecule has 6 heteroatoms. The van der Waals surface area contributed by atoms with E-state index in [4.69, 9.17) is 0 Å². The molecule has 0 atom stereocenters. The second-order valence-electron chi connectivity index (χ2n) is 5.45. The molecule has 0 amide bonds. The van der Waals surface area contributed by atoms with Gasteiger partial charge in [0.1, 0.15) is 11.4 Å². The average molecular weight is 311 g/mol. The number of aromatic nitrogens is 3. The van der Waals surface area contributed by atoms with Crippen molar-refractivity contribution in [2.45, 2.75) is 39.4 Å². The summed E-state index contributed by atoms with van der Waals surface area (Å²) in [7, 11) is 0. The lowest BCUT2D eigenvalue weighted by atomic mass is 10.1. The summed E-state index contributed by atoms with van der Waals surface area (Å²) in [6.45, 7) is 7.33. The molecule has 0 fully saturated rings. The van der Waals surface area contributed by atoms with Crippen LogP contribution >= 0.6 is 12.4 Å². The van der Waals surface area contributed by atoms with E-state index in [2.05, 4.69) is 15.5 Å². The van der Waals surface area contributed by atoms with Crippen LogP contribution in [-0.4, -0.2) is 32.2 Å². The summed E-state index contributed by atoms with van der Waals surface area (Å²) in [6.07, 6.45) is 0. The zero-order chi connectivity index (χ0) is 14.6. The van der Waals surface area contributed by atoms with Crippen molar-refractivity contribution in [1.29, 1.82) is 0 Å². The molecule has 2 aromatic rings. The molecule has 0 unspecified atom stereocenters. The van der Waals surface area contributed by atoms with Gasteiger partial charge in [-0.05, 0) is 20.8 Å². The van der Waals surface area contributed by atoms with Crippen LogP contribution in [0.1, 0.15) is 26.5 Å². The molecule has 5 nitrogen and oxygen atoms in total. The van der Waals surface area contributed by atoms with Crippen LogP contribution in [-0.2, 0) is 13.1 Å². The highest BCUT2D eigenvalue weighted by molar-refractivity contribution is 5.85. The Morgan fingerprint density at radius 2 is 1.86 bits per heavy atom. The van der Waals surface area contributed by atoms with E-state index in [1.807, 2.05) is 51.1 Å². The van der Waals surface area contributed by atoms with Gasteiger partial charge in [0, 0.05) is 17.6 Å². The lowest BCUT2D eigenvalue weighted by Gasteiger charge is -2.23. The topological polar surface area (TPSA) is 63.0 Å². The molecular weight excluding hydrogens is 288 g/mol. The van der Waals surface area contributed by atoms with Crippen molar-refractivity contribution in [3.05, 3.63) is 36.0 Å². The summed E-state index contributed by atoms with van der Waals surface area (Å²) < 4.78 is 0. The van der Waals surface area contributed by atoms with Gasteiger partial charge in [0.25, 0.3) is 0 Å². The van der Waals surface area contributed by atoms with Crippen LogP contribution in [0.3, 0.4) is 0 Å². The summed E-state index contributed by atoms with van der Waals surface area (Å²) in [5, 5.41) is 21.6. The molecule has 0 aliphatic rings. The highest BCUT2D eigenvalue weighted by Gasteiger charge is 2.18. The van der Waals surface area contributed by atoms with E-state index < -0.39 is 0 Å². The van der Waals surface area contributed by atoms with E-state index in [9.17, 15) is 5.11 Å². The molecule has 0 bridgehead atoms. The predicted molar refractivity (Wildman–Crippen MR) is 86.4 cm³/mol. The normalized spacial score (nSPS) is 11.2. The van der Waals surface area contributed by atoms with E-state index in [-0.39, 0.29) is 24.6 Å². The number of aliphatic hydroxyl groups excluding tert-OH is 1. The van der Waals surface area contributed by atoms with Gasteiger partial charge in [0.15, 0.2) is 0 Å². The first kappa shape index (κ1) is 17.6. The first-order valence-corrected chi connectivity index (χ1v) is 6.91. The minimum absolute atomic E-state index is 0. The number of halogens is 1. The monoisotopic (exact) mass is 310 g/mol. The van der Waals surface area contributed by atoms with E-state index in [1.165, 1.54) is 0 Å². The van der Waals surface area contributed by atoms with Crippen molar-refractivity contribution in [3.8, 4) is 11.3 Å². The molecule has 1 aromatic carbocycles. The Morgan fingerprint density at radius 1 is 1.19 bits per heavy atom. The Morgan fingerprint density at radius 3 is 2.43 bits per heavy atom. The minimum atomic E-state index is -0.329. The fraction of sp³-hybridized carbons (Fsp3) is 0.467. The number of hydrogen-bond donors (Lipinski definition) is 2. The lowest BCUT2D eigenvalue weighted by molar-refractivity contribution is 0.187. The molecular formula is C15H23ClN4O. The number of hydrogen-bond acceptors (Lipinski definition) is 4. The number of aliphatic hydroxyl groups is 1. The third kappa shape index (κ3) is 4.52. The maximum atomic E-state index is 9.31. The Hall–Kier alpha value is -1.43. The number of nitrogens with one attached hydrogen (secondary N) is 1. The van der Waals surface area contributed by atoms with Crippen molar-refractivity contribution < 1.29 is 5.11 Å². The number of benzene rings is 1. The van der Waals surface area contributed by atoms with E-state index in [0.717, 1.165) is 23.5 Å². The molecule has 0 aliphatic carbocycles. The Balaban J connectivity index is 0.00000220. The minimum Gasteiger partial charge on any atom is -0.394 e. The van der Waals surface area contributed by atoms with Crippen LogP contribution in [0.2, 0.25) is 0 Å². The van der Waals surface area contributed by atoms with Crippen LogP contribution in [0, 0.1) is 0 Å². The van der Waals surface area contributed by atoms with Gasteiger partial charge in [-0.25, -0.2) is 0 Å². The smallest absolute Gasteiger partial charge is 0.117 e. The first-order chi connectivity index (χ1) is 9.55. The van der Waals surface area contributed by atoms with Crippen LogP contribution in [0.15, 0.2) is 30.3 Å². The third-order valence-corrected chi connectivity index (χ3v) is 3.18. The molecule has 0 aliphatic heterocycles. The van der Waals surface area contributed by atoms with Crippen LogP contribution < -0.4 is 5.32 Å². The molecule has 0 spiro atoms. The summed E-state index contributed by atoms with van der Waals surface area (Å²) in [6, 6.07) is 10.0. The van der Waals surface area contributed by atoms with Gasteiger partial charge in [0.05, 0.1) is 13.2 Å². The van der Waals surface area contributed by atoms with Crippen LogP contribution in [0.4, 0.5) is 0 Å². The van der Waals surface area contributed by atoms with E-state index in [0.29, 0.717) is 6.54 Å². The lowest BCUT2D eigenvalue weighted by Crippen LogP contribution is -2.42. The SMILES string of the molecule is CCn1nc(CNC(C)(C)CO)c(-c2ccccc2)n1.Cl. The Labute approximate surface area is 131 Å². The van der Waals surface area contributed by atoms with Crippen molar-refractivity contribution >= 4 is 12.4 Å². The van der Waals surface area contributed by atoms with E-state index >= 15 is 0 Å². The summed E-state index contributed by atoms with van der Waals surface area (Å²) in [5.41, 5.74) is 2.53. The van der Waals surface area contributed by atoms with Crippen molar-refractivity contribution in [2.24, 2.45) is 0 Å². The second kappa shape index (κ2) is 7.54. The van der Waals surface area contributed by atoms with Gasteiger partial charge >= 0.3 is 0 Å². The molecule has 0 saturated heterocycles. The largest absolute Gasteiger partial charge is 0.394 e. The van der Waals surface area contributed by atoms with Gasteiger partial charge in [-0.15, -0.1) is 12.4 Å². The van der Waals surface area contributed by atoms with Gasteiger partial charge < -0.3 is 10.4 Å². The predicted octanol–water partition coefficient (Wildman–Crippen LogP) is 2.25. The van der Waals surface area contributed by atoms with Gasteiger partial charge in [-0.1, -0.05) is 30.3 Å². The first-order valence-electron chi connectivity index (χ1n) is 6.91. The second-order valence-corrected chi connectivity index (χ2v) is 5.45. The standard InChI is InChI=1S/C15H22N4O.ClH/c1-4-19-17-13(10-16-15(2,3)11-20)14(18-19)12-8-6-5-7-9-12;/h5-9,16,20H,4,10-11H2,1-3H3;1H. The molecule has 0 saturated carbocycles. The fourth-order valence-corrected chi connectivity index (χ4v) is 1.84. The average Bonchev–Trinajstić information content (AvgIpc) is 2.90. The van der Waals surface area contributed by atoms with Crippen molar-refractivity contribution in [3.63, 3.8) is 0 Å².